The summed E-state index contributed by atoms with van der Waals surface area (Å²) in [5.41, 5.74) is 10.3. The molecule has 134 valence electrons. The highest BCUT2D eigenvalue weighted by molar-refractivity contribution is 7.21. The van der Waals surface area contributed by atoms with E-state index >= 15 is 0 Å². The molecule has 0 fully saturated rings. The maximum atomic E-state index is 5.71. The van der Waals surface area contributed by atoms with Crippen LogP contribution in [0.2, 0.25) is 0 Å². The molecule has 2 aromatic carbocycles. The van der Waals surface area contributed by atoms with Crippen LogP contribution in [0.25, 0.3) is 31.8 Å². The molecular formula is C21H23N3OS. The van der Waals surface area contributed by atoms with E-state index in [4.69, 9.17) is 15.5 Å². The Morgan fingerprint density at radius 1 is 1.15 bits per heavy atom. The van der Waals surface area contributed by atoms with Crippen LogP contribution in [0.4, 0.5) is 0 Å². The summed E-state index contributed by atoms with van der Waals surface area (Å²) < 4.78 is 6.92. The molecular weight excluding hydrogens is 342 g/mol. The van der Waals surface area contributed by atoms with Crippen LogP contribution < -0.4 is 10.5 Å². The standard InChI is InChI=1S/C21H23N3OS/c1-2-25-14-10-11-17-16(13-14)15(7-5-6-12-22)20(23-17)21-24-18-8-3-4-9-19(18)26-21/h3-4,8-11,13,23H,2,5-7,12,22H2,1H3. The summed E-state index contributed by atoms with van der Waals surface area (Å²) in [5.74, 6) is 0.912. The minimum absolute atomic E-state index is 0.670. The number of fused-ring (bicyclic) bond motifs is 2. The molecule has 0 saturated heterocycles. The number of aromatic amines is 1. The molecule has 0 aliphatic rings. The lowest BCUT2D eigenvalue weighted by Crippen LogP contribution is -1.99. The summed E-state index contributed by atoms with van der Waals surface area (Å²) in [5, 5.41) is 2.27. The molecule has 2 aromatic heterocycles. The van der Waals surface area contributed by atoms with E-state index in [1.54, 1.807) is 11.3 Å². The minimum Gasteiger partial charge on any atom is -0.494 e. The molecule has 0 bridgehead atoms. The molecule has 4 nitrogen and oxygen atoms in total. The van der Waals surface area contributed by atoms with Gasteiger partial charge in [-0.25, -0.2) is 4.98 Å². The number of thiazole rings is 1. The Bertz CT molecular complexity index is 1000. The van der Waals surface area contributed by atoms with Gasteiger partial charge in [0.15, 0.2) is 0 Å². The maximum Gasteiger partial charge on any atom is 0.141 e. The maximum absolute atomic E-state index is 5.71. The lowest BCUT2D eigenvalue weighted by molar-refractivity contribution is 0.340. The summed E-state index contributed by atoms with van der Waals surface area (Å²) in [4.78, 5) is 8.46. The zero-order valence-corrected chi connectivity index (χ0v) is 15.7. The van der Waals surface area contributed by atoms with Crippen molar-refractivity contribution >= 4 is 32.5 Å². The topological polar surface area (TPSA) is 63.9 Å². The van der Waals surface area contributed by atoms with Crippen LogP contribution in [0, 0.1) is 0 Å². The predicted octanol–water partition coefficient (Wildman–Crippen LogP) is 5.12. The van der Waals surface area contributed by atoms with E-state index in [2.05, 4.69) is 35.3 Å². The van der Waals surface area contributed by atoms with Crippen LogP contribution in [-0.2, 0) is 6.42 Å². The highest BCUT2D eigenvalue weighted by Gasteiger charge is 2.17. The first-order valence-electron chi connectivity index (χ1n) is 9.13. The van der Waals surface area contributed by atoms with Gasteiger partial charge in [0.25, 0.3) is 0 Å². The molecule has 2 heterocycles. The van der Waals surface area contributed by atoms with E-state index < -0.39 is 0 Å². The Hall–Kier alpha value is -2.37. The van der Waals surface area contributed by atoms with Gasteiger partial charge in [-0.2, -0.15) is 0 Å². The number of H-pyrrole nitrogens is 1. The van der Waals surface area contributed by atoms with Crippen LogP contribution in [0.1, 0.15) is 25.3 Å². The molecule has 0 aliphatic heterocycles. The Kier molecular flexibility index (Phi) is 4.91. The second-order valence-electron chi connectivity index (χ2n) is 6.35. The minimum atomic E-state index is 0.670. The normalized spacial score (nSPS) is 11.5. The molecule has 0 atom stereocenters. The molecule has 5 heteroatoms. The van der Waals surface area contributed by atoms with E-state index in [0.717, 1.165) is 53.3 Å². The van der Waals surface area contributed by atoms with Gasteiger partial charge in [-0.3, -0.25) is 0 Å². The lowest BCUT2D eigenvalue weighted by Gasteiger charge is -2.05. The number of unbranched alkanes of at least 4 members (excludes halogenated alkanes) is 1. The number of aromatic nitrogens is 2. The fraction of sp³-hybridized carbons (Fsp3) is 0.286. The second kappa shape index (κ2) is 7.48. The number of rotatable bonds is 7. The molecule has 3 N–H and O–H groups in total. The van der Waals surface area contributed by atoms with Crippen LogP contribution >= 0.6 is 11.3 Å². The first-order chi connectivity index (χ1) is 12.8. The van der Waals surface area contributed by atoms with Crippen molar-refractivity contribution in [1.82, 2.24) is 9.97 Å². The van der Waals surface area contributed by atoms with E-state index in [1.165, 1.54) is 15.6 Å². The average molecular weight is 366 g/mol. The number of aryl methyl sites for hydroxylation is 1. The zero-order chi connectivity index (χ0) is 17.9. The van der Waals surface area contributed by atoms with E-state index in [9.17, 15) is 0 Å². The largest absolute Gasteiger partial charge is 0.494 e. The second-order valence-corrected chi connectivity index (χ2v) is 7.38. The van der Waals surface area contributed by atoms with Gasteiger partial charge in [-0.15, -0.1) is 11.3 Å². The highest BCUT2D eigenvalue weighted by Crippen LogP contribution is 2.37. The summed E-state index contributed by atoms with van der Waals surface area (Å²) in [6, 6.07) is 14.6. The van der Waals surface area contributed by atoms with Crippen molar-refractivity contribution in [2.45, 2.75) is 26.2 Å². The third-order valence-electron chi connectivity index (χ3n) is 4.58. The number of para-hydroxylation sites is 1. The summed E-state index contributed by atoms with van der Waals surface area (Å²) in [6.45, 7) is 3.40. The molecule has 0 amide bonds. The quantitative estimate of drug-likeness (QED) is 0.447. The lowest BCUT2D eigenvalue weighted by atomic mass is 10.0. The summed E-state index contributed by atoms with van der Waals surface area (Å²) in [6.07, 6.45) is 3.08. The fourth-order valence-corrected chi connectivity index (χ4v) is 4.34. The van der Waals surface area contributed by atoms with Crippen molar-refractivity contribution in [3.05, 3.63) is 48.0 Å². The third-order valence-corrected chi connectivity index (χ3v) is 5.63. The molecule has 0 aliphatic carbocycles. The predicted molar refractivity (Wildman–Crippen MR) is 110 cm³/mol. The van der Waals surface area contributed by atoms with Gasteiger partial charge < -0.3 is 15.5 Å². The Morgan fingerprint density at radius 3 is 2.85 bits per heavy atom. The Labute approximate surface area is 157 Å². The monoisotopic (exact) mass is 365 g/mol. The third kappa shape index (κ3) is 3.20. The first-order valence-corrected chi connectivity index (χ1v) is 9.95. The van der Waals surface area contributed by atoms with Crippen molar-refractivity contribution in [3.8, 4) is 16.5 Å². The van der Waals surface area contributed by atoms with Gasteiger partial charge in [0.1, 0.15) is 10.8 Å². The fourth-order valence-electron chi connectivity index (χ4n) is 3.35. The van der Waals surface area contributed by atoms with Crippen molar-refractivity contribution in [2.24, 2.45) is 5.73 Å². The van der Waals surface area contributed by atoms with Crippen molar-refractivity contribution in [3.63, 3.8) is 0 Å². The number of benzene rings is 2. The molecule has 4 aromatic rings. The number of nitrogens with zero attached hydrogens (tertiary/aromatic N) is 1. The van der Waals surface area contributed by atoms with Crippen molar-refractivity contribution < 1.29 is 4.74 Å². The van der Waals surface area contributed by atoms with E-state index in [1.807, 2.05) is 19.1 Å². The van der Waals surface area contributed by atoms with Gasteiger partial charge in [0.05, 0.1) is 22.5 Å². The van der Waals surface area contributed by atoms with Crippen molar-refractivity contribution in [1.29, 1.82) is 0 Å². The van der Waals surface area contributed by atoms with E-state index in [0.29, 0.717) is 6.61 Å². The van der Waals surface area contributed by atoms with Gasteiger partial charge in [-0.1, -0.05) is 12.1 Å². The van der Waals surface area contributed by atoms with Crippen LogP contribution in [0.15, 0.2) is 42.5 Å². The molecule has 0 spiro atoms. The first kappa shape index (κ1) is 17.1. The van der Waals surface area contributed by atoms with Gasteiger partial charge in [0.2, 0.25) is 0 Å². The number of hydrogen-bond acceptors (Lipinski definition) is 4. The SMILES string of the molecule is CCOc1ccc2[nH]c(-c3nc4ccccc4s3)c(CCCCN)c2c1. The van der Waals surface area contributed by atoms with E-state index in [-0.39, 0.29) is 0 Å². The number of hydrogen-bond donors (Lipinski definition) is 2. The van der Waals surface area contributed by atoms with Crippen LogP contribution in [0.3, 0.4) is 0 Å². The van der Waals surface area contributed by atoms with Gasteiger partial charge in [-0.05, 0) is 68.6 Å². The zero-order valence-electron chi connectivity index (χ0n) is 14.9. The molecule has 4 rings (SSSR count). The molecule has 0 saturated carbocycles. The number of nitrogens with one attached hydrogen (secondary N) is 1. The van der Waals surface area contributed by atoms with Gasteiger partial charge >= 0.3 is 0 Å². The van der Waals surface area contributed by atoms with Gasteiger partial charge in [0, 0.05) is 10.9 Å². The highest BCUT2D eigenvalue weighted by atomic mass is 32.1. The number of ether oxygens (including phenoxy) is 1. The Morgan fingerprint density at radius 2 is 2.04 bits per heavy atom. The van der Waals surface area contributed by atoms with Crippen LogP contribution in [0.5, 0.6) is 5.75 Å². The molecule has 0 unspecified atom stereocenters. The smallest absolute Gasteiger partial charge is 0.141 e. The Balaban J connectivity index is 1.84. The average Bonchev–Trinajstić information content (AvgIpc) is 3.23. The van der Waals surface area contributed by atoms with Crippen molar-refractivity contribution in [2.75, 3.05) is 13.2 Å². The number of nitrogens with two attached hydrogens (primary N) is 1. The molecule has 26 heavy (non-hydrogen) atoms. The summed E-state index contributed by atoms with van der Waals surface area (Å²) >= 11 is 1.74. The molecule has 0 radical (unpaired) electrons. The van der Waals surface area contributed by atoms with Crippen LogP contribution in [-0.4, -0.2) is 23.1 Å². The summed E-state index contributed by atoms with van der Waals surface area (Å²) in [7, 11) is 0.